The molecule has 1 aromatic heterocycles. The van der Waals surface area contributed by atoms with E-state index in [9.17, 15) is 13.2 Å². The molecule has 7 heteroatoms. The van der Waals surface area contributed by atoms with Crippen LogP contribution in [0.3, 0.4) is 0 Å². The largest absolute Gasteiger partial charge is 0.335 e. The molecule has 1 atom stereocenters. The van der Waals surface area contributed by atoms with Crippen LogP contribution in [0, 0.1) is 13.8 Å². The molecule has 2 aromatic rings. The van der Waals surface area contributed by atoms with Gasteiger partial charge in [-0.1, -0.05) is 11.6 Å². The zero-order chi connectivity index (χ0) is 19.1. The first-order chi connectivity index (χ1) is 12.2. The molecule has 1 fully saturated rings. The van der Waals surface area contributed by atoms with Gasteiger partial charge in [-0.05, 0) is 57.5 Å². The summed E-state index contributed by atoms with van der Waals surface area (Å²) >= 11 is 5.97. The Bertz CT molecular complexity index is 932. The smallest absolute Gasteiger partial charge is 0.255 e. The second kappa shape index (κ2) is 7.08. The predicted octanol–water partition coefficient (Wildman–Crippen LogP) is 3.40. The van der Waals surface area contributed by atoms with Gasteiger partial charge in [0.15, 0.2) is 9.84 Å². The number of carbonyl (C=O) groups is 1. The first-order valence-electron chi connectivity index (χ1n) is 8.69. The average Bonchev–Trinajstić information content (AvgIpc) is 3.08. The number of aromatic nitrogens is 1. The normalized spacial score (nSPS) is 18.8. The SMILES string of the molecule is CCN(C(=O)c1cc(C)n(-c2ccc(Cl)cc2)c1C)C1CCS(=O)(=O)C1. The number of amides is 1. The molecule has 1 amide bonds. The quantitative estimate of drug-likeness (QED) is 0.798. The van der Waals surface area contributed by atoms with Crippen LogP contribution in [-0.2, 0) is 9.84 Å². The molecule has 0 bridgehead atoms. The van der Waals surface area contributed by atoms with Crippen molar-refractivity contribution in [2.24, 2.45) is 0 Å². The van der Waals surface area contributed by atoms with E-state index < -0.39 is 9.84 Å². The minimum absolute atomic E-state index is 0.0580. The topological polar surface area (TPSA) is 59.4 Å². The Hall–Kier alpha value is -1.79. The van der Waals surface area contributed by atoms with E-state index in [1.165, 1.54) is 0 Å². The lowest BCUT2D eigenvalue weighted by atomic mass is 10.1. The molecular formula is C19H23ClN2O3S. The van der Waals surface area contributed by atoms with Crippen molar-refractivity contribution < 1.29 is 13.2 Å². The van der Waals surface area contributed by atoms with Crippen molar-refractivity contribution in [1.82, 2.24) is 9.47 Å². The molecule has 0 saturated carbocycles. The van der Waals surface area contributed by atoms with E-state index in [4.69, 9.17) is 11.6 Å². The van der Waals surface area contributed by atoms with Gasteiger partial charge in [-0.15, -0.1) is 0 Å². The number of halogens is 1. The summed E-state index contributed by atoms with van der Waals surface area (Å²) in [6.07, 6.45) is 0.512. The highest BCUT2D eigenvalue weighted by atomic mass is 35.5. The Morgan fingerprint density at radius 3 is 2.46 bits per heavy atom. The van der Waals surface area contributed by atoms with Gasteiger partial charge < -0.3 is 9.47 Å². The molecule has 3 rings (SSSR count). The maximum absolute atomic E-state index is 13.1. The first-order valence-corrected chi connectivity index (χ1v) is 10.9. The van der Waals surface area contributed by atoms with Crippen LogP contribution in [0.5, 0.6) is 0 Å². The average molecular weight is 395 g/mol. The van der Waals surface area contributed by atoms with Crippen molar-refractivity contribution in [3.63, 3.8) is 0 Å². The lowest BCUT2D eigenvalue weighted by Gasteiger charge is -2.27. The Morgan fingerprint density at radius 1 is 1.27 bits per heavy atom. The van der Waals surface area contributed by atoms with E-state index in [1.54, 1.807) is 4.90 Å². The summed E-state index contributed by atoms with van der Waals surface area (Å²) in [5.74, 6) is 0.108. The van der Waals surface area contributed by atoms with E-state index in [0.29, 0.717) is 23.6 Å². The molecular weight excluding hydrogens is 372 g/mol. The van der Waals surface area contributed by atoms with Crippen molar-refractivity contribution in [3.8, 4) is 5.69 Å². The summed E-state index contributed by atoms with van der Waals surface area (Å²) in [4.78, 5) is 14.8. The lowest BCUT2D eigenvalue weighted by molar-refractivity contribution is 0.0707. The summed E-state index contributed by atoms with van der Waals surface area (Å²) in [5.41, 5.74) is 3.34. The Balaban J connectivity index is 1.95. The van der Waals surface area contributed by atoms with Crippen LogP contribution in [0.15, 0.2) is 30.3 Å². The zero-order valence-electron chi connectivity index (χ0n) is 15.2. The summed E-state index contributed by atoms with van der Waals surface area (Å²) in [5, 5.41) is 0.659. The zero-order valence-corrected chi connectivity index (χ0v) is 16.8. The maximum Gasteiger partial charge on any atom is 0.255 e. The first kappa shape index (κ1) is 19.0. The number of aryl methyl sites for hydroxylation is 1. The van der Waals surface area contributed by atoms with Gasteiger partial charge in [0.2, 0.25) is 0 Å². The molecule has 1 unspecified atom stereocenters. The molecule has 1 saturated heterocycles. The number of rotatable bonds is 4. The van der Waals surface area contributed by atoms with Gasteiger partial charge in [-0.3, -0.25) is 4.79 Å². The standard InChI is InChI=1S/C19H23ClN2O3S/c1-4-21(17-9-10-26(24,25)12-17)19(23)18-11-13(2)22(14(18)3)16-7-5-15(20)6-8-16/h5-8,11,17H,4,9-10,12H2,1-3H3. The van der Waals surface area contributed by atoms with Crippen LogP contribution < -0.4 is 0 Å². The molecule has 1 aliphatic rings. The molecule has 0 radical (unpaired) electrons. The van der Waals surface area contributed by atoms with Gasteiger partial charge in [0, 0.05) is 34.7 Å². The summed E-state index contributed by atoms with van der Waals surface area (Å²) < 4.78 is 25.6. The van der Waals surface area contributed by atoms with Gasteiger partial charge in [-0.2, -0.15) is 0 Å². The number of benzene rings is 1. The molecule has 2 heterocycles. The third-order valence-electron chi connectivity index (χ3n) is 5.00. The van der Waals surface area contributed by atoms with E-state index >= 15 is 0 Å². The fraction of sp³-hybridized carbons (Fsp3) is 0.421. The van der Waals surface area contributed by atoms with E-state index in [0.717, 1.165) is 17.1 Å². The molecule has 1 aliphatic heterocycles. The summed E-state index contributed by atoms with van der Waals surface area (Å²) in [7, 11) is -3.04. The monoisotopic (exact) mass is 394 g/mol. The Kier molecular flexibility index (Phi) is 5.17. The van der Waals surface area contributed by atoms with Crippen molar-refractivity contribution in [3.05, 3.63) is 52.3 Å². The van der Waals surface area contributed by atoms with E-state index in [1.807, 2.05) is 55.7 Å². The second-order valence-corrected chi connectivity index (χ2v) is 9.41. The highest BCUT2D eigenvalue weighted by Crippen LogP contribution is 2.25. The third-order valence-corrected chi connectivity index (χ3v) is 7.00. The molecule has 0 spiro atoms. The number of hydrogen-bond acceptors (Lipinski definition) is 3. The van der Waals surface area contributed by atoms with Crippen molar-refractivity contribution in [2.75, 3.05) is 18.1 Å². The van der Waals surface area contributed by atoms with Crippen LogP contribution in [0.2, 0.25) is 5.02 Å². The fourth-order valence-electron chi connectivity index (χ4n) is 3.71. The van der Waals surface area contributed by atoms with Gasteiger partial charge in [0.1, 0.15) is 0 Å². The van der Waals surface area contributed by atoms with Crippen LogP contribution in [0.1, 0.15) is 35.1 Å². The van der Waals surface area contributed by atoms with Gasteiger partial charge in [0.25, 0.3) is 5.91 Å². The van der Waals surface area contributed by atoms with Crippen LogP contribution in [0.4, 0.5) is 0 Å². The number of carbonyl (C=O) groups excluding carboxylic acids is 1. The van der Waals surface area contributed by atoms with E-state index in [-0.39, 0.29) is 23.5 Å². The molecule has 140 valence electrons. The Labute approximate surface area is 159 Å². The van der Waals surface area contributed by atoms with Crippen LogP contribution in [0.25, 0.3) is 5.69 Å². The molecule has 5 nitrogen and oxygen atoms in total. The van der Waals surface area contributed by atoms with Gasteiger partial charge >= 0.3 is 0 Å². The molecule has 0 aliphatic carbocycles. The van der Waals surface area contributed by atoms with E-state index in [2.05, 4.69) is 0 Å². The maximum atomic E-state index is 13.1. The molecule has 1 aromatic carbocycles. The summed E-state index contributed by atoms with van der Waals surface area (Å²) in [6, 6.07) is 9.10. The molecule has 0 N–H and O–H groups in total. The van der Waals surface area contributed by atoms with Crippen LogP contribution >= 0.6 is 11.6 Å². The van der Waals surface area contributed by atoms with Crippen molar-refractivity contribution >= 4 is 27.3 Å². The number of sulfone groups is 1. The number of hydrogen-bond donors (Lipinski definition) is 0. The fourth-order valence-corrected chi connectivity index (χ4v) is 5.57. The molecule has 26 heavy (non-hydrogen) atoms. The minimum atomic E-state index is -3.04. The third kappa shape index (κ3) is 3.53. The van der Waals surface area contributed by atoms with Crippen molar-refractivity contribution in [1.29, 1.82) is 0 Å². The highest BCUT2D eigenvalue weighted by Gasteiger charge is 2.35. The summed E-state index contributed by atoms with van der Waals surface area (Å²) in [6.45, 7) is 6.24. The second-order valence-electron chi connectivity index (χ2n) is 6.74. The Morgan fingerprint density at radius 2 is 1.92 bits per heavy atom. The van der Waals surface area contributed by atoms with Crippen molar-refractivity contribution in [2.45, 2.75) is 33.2 Å². The predicted molar refractivity (Wildman–Crippen MR) is 104 cm³/mol. The van der Waals surface area contributed by atoms with Crippen LogP contribution in [-0.4, -0.2) is 47.9 Å². The highest BCUT2D eigenvalue weighted by molar-refractivity contribution is 7.91. The number of nitrogens with zero attached hydrogens (tertiary/aromatic N) is 2. The van der Waals surface area contributed by atoms with Gasteiger partial charge in [0.05, 0.1) is 17.1 Å². The lowest BCUT2D eigenvalue weighted by Crippen LogP contribution is -2.41. The minimum Gasteiger partial charge on any atom is -0.335 e. The van der Waals surface area contributed by atoms with Gasteiger partial charge in [-0.25, -0.2) is 8.42 Å².